The van der Waals surface area contributed by atoms with Crippen LogP contribution in [0.2, 0.25) is 5.02 Å². The van der Waals surface area contributed by atoms with Gasteiger partial charge in [0.15, 0.2) is 0 Å². The molecule has 2 aliphatic rings. The van der Waals surface area contributed by atoms with Crippen molar-refractivity contribution in [3.05, 3.63) is 28.8 Å². The van der Waals surface area contributed by atoms with Crippen molar-refractivity contribution in [3.63, 3.8) is 0 Å². The third-order valence-corrected chi connectivity index (χ3v) is 4.83. The molecular weight excluding hydrogens is 276 g/mol. The molecule has 0 aliphatic heterocycles. The van der Waals surface area contributed by atoms with Gasteiger partial charge in [-0.15, -0.1) is 0 Å². The molecule has 2 fully saturated rings. The minimum atomic E-state index is -0.748. The Hall–Kier alpha value is -1.22. The van der Waals surface area contributed by atoms with E-state index in [9.17, 15) is 9.90 Å². The molecule has 4 heteroatoms. The third kappa shape index (κ3) is 2.51. The SMILES string of the molecule is O=C(O)C1(c2ccc(Cl)c(OCC3CC3)c2)CCCC1. The second kappa shape index (κ2) is 5.28. The minimum absolute atomic E-state index is 0.563. The number of rotatable bonds is 5. The minimum Gasteiger partial charge on any atom is -0.492 e. The van der Waals surface area contributed by atoms with Crippen molar-refractivity contribution in [1.82, 2.24) is 0 Å². The molecule has 0 spiro atoms. The molecule has 1 aromatic carbocycles. The third-order valence-electron chi connectivity index (χ3n) is 4.52. The molecule has 108 valence electrons. The molecule has 0 unspecified atom stereocenters. The highest BCUT2D eigenvalue weighted by molar-refractivity contribution is 6.32. The summed E-state index contributed by atoms with van der Waals surface area (Å²) in [5.74, 6) is 0.545. The van der Waals surface area contributed by atoms with Crippen LogP contribution in [-0.2, 0) is 10.2 Å². The van der Waals surface area contributed by atoms with Crippen LogP contribution in [0, 0.1) is 5.92 Å². The van der Waals surface area contributed by atoms with Crippen molar-refractivity contribution in [2.45, 2.75) is 43.9 Å². The fourth-order valence-electron chi connectivity index (χ4n) is 3.01. The first kappa shape index (κ1) is 13.7. The molecule has 0 radical (unpaired) electrons. The molecule has 0 amide bonds. The van der Waals surface area contributed by atoms with Crippen LogP contribution >= 0.6 is 11.6 Å². The van der Waals surface area contributed by atoms with Gasteiger partial charge in [-0.2, -0.15) is 0 Å². The van der Waals surface area contributed by atoms with Crippen LogP contribution in [0.5, 0.6) is 5.75 Å². The summed E-state index contributed by atoms with van der Waals surface area (Å²) >= 11 is 6.16. The first-order valence-corrected chi connectivity index (χ1v) is 7.66. The van der Waals surface area contributed by atoms with Crippen LogP contribution in [0.15, 0.2) is 18.2 Å². The molecule has 0 saturated heterocycles. The van der Waals surface area contributed by atoms with Gasteiger partial charge in [0.2, 0.25) is 0 Å². The molecule has 0 atom stereocenters. The Morgan fingerprint density at radius 3 is 2.65 bits per heavy atom. The maximum Gasteiger partial charge on any atom is 0.314 e. The summed E-state index contributed by atoms with van der Waals surface area (Å²) in [6.07, 6.45) is 5.77. The lowest BCUT2D eigenvalue weighted by molar-refractivity contribution is -0.143. The van der Waals surface area contributed by atoms with E-state index < -0.39 is 11.4 Å². The molecule has 20 heavy (non-hydrogen) atoms. The number of carboxylic acid groups (broad SMARTS) is 1. The largest absolute Gasteiger partial charge is 0.492 e. The summed E-state index contributed by atoms with van der Waals surface area (Å²) < 4.78 is 5.76. The van der Waals surface area contributed by atoms with Crippen LogP contribution in [0.1, 0.15) is 44.1 Å². The second-order valence-corrected chi connectivity index (χ2v) is 6.40. The van der Waals surface area contributed by atoms with Crippen LogP contribution in [-0.4, -0.2) is 17.7 Å². The van der Waals surface area contributed by atoms with E-state index in [1.165, 1.54) is 12.8 Å². The van der Waals surface area contributed by atoms with Gasteiger partial charge < -0.3 is 9.84 Å². The standard InChI is InChI=1S/C16H19ClO3/c17-13-6-5-12(9-14(13)20-10-11-3-4-11)16(15(18)19)7-1-2-8-16/h5-6,9,11H,1-4,7-8,10H2,(H,18,19). The van der Waals surface area contributed by atoms with Crippen molar-refractivity contribution in [2.75, 3.05) is 6.61 Å². The summed E-state index contributed by atoms with van der Waals surface area (Å²) in [7, 11) is 0. The molecule has 3 rings (SSSR count). The molecule has 1 aromatic rings. The summed E-state index contributed by atoms with van der Waals surface area (Å²) in [6, 6.07) is 5.44. The Bertz CT molecular complexity index is 516. The van der Waals surface area contributed by atoms with Gasteiger partial charge in [0.25, 0.3) is 0 Å². The molecular formula is C16H19ClO3. The van der Waals surface area contributed by atoms with Gasteiger partial charge in [-0.25, -0.2) is 0 Å². The highest BCUT2D eigenvalue weighted by Gasteiger charge is 2.43. The monoisotopic (exact) mass is 294 g/mol. The van der Waals surface area contributed by atoms with Crippen molar-refractivity contribution >= 4 is 17.6 Å². The summed E-state index contributed by atoms with van der Waals surface area (Å²) in [4.78, 5) is 11.7. The predicted octanol–water partition coefficient (Wildman–Crippen LogP) is 4.03. The second-order valence-electron chi connectivity index (χ2n) is 5.99. The Labute approximate surface area is 123 Å². The van der Waals surface area contributed by atoms with E-state index in [4.69, 9.17) is 16.3 Å². The average molecular weight is 295 g/mol. The number of hydrogen-bond donors (Lipinski definition) is 1. The Morgan fingerprint density at radius 2 is 2.05 bits per heavy atom. The number of aliphatic carboxylic acids is 1. The molecule has 1 N–H and O–H groups in total. The van der Waals surface area contributed by atoms with E-state index in [1.807, 2.05) is 12.1 Å². The first-order valence-electron chi connectivity index (χ1n) is 7.28. The van der Waals surface area contributed by atoms with Gasteiger partial charge in [-0.3, -0.25) is 4.79 Å². The van der Waals surface area contributed by atoms with E-state index in [2.05, 4.69) is 0 Å². The maximum absolute atomic E-state index is 11.7. The maximum atomic E-state index is 11.7. The number of halogens is 1. The fraction of sp³-hybridized carbons (Fsp3) is 0.562. The van der Waals surface area contributed by atoms with E-state index in [0.29, 0.717) is 36.1 Å². The van der Waals surface area contributed by atoms with Gasteiger partial charge in [0, 0.05) is 0 Å². The van der Waals surface area contributed by atoms with Crippen LogP contribution in [0.4, 0.5) is 0 Å². The fourth-order valence-corrected chi connectivity index (χ4v) is 3.18. The van der Waals surface area contributed by atoms with E-state index in [1.54, 1.807) is 6.07 Å². The quantitative estimate of drug-likeness (QED) is 0.892. The molecule has 2 aliphatic carbocycles. The lowest BCUT2D eigenvalue weighted by Gasteiger charge is -2.25. The summed E-state index contributed by atoms with van der Waals surface area (Å²) in [5, 5.41) is 10.2. The van der Waals surface area contributed by atoms with E-state index in [0.717, 1.165) is 18.4 Å². The first-order chi connectivity index (χ1) is 9.62. The Morgan fingerprint density at radius 1 is 1.35 bits per heavy atom. The van der Waals surface area contributed by atoms with Crippen LogP contribution in [0.3, 0.4) is 0 Å². The normalized spacial score (nSPS) is 20.9. The van der Waals surface area contributed by atoms with Gasteiger partial charge in [0.1, 0.15) is 5.75 Å². The number of hydrogen-bond acceptors (Lipinski definition) is 2. The van der Waals surface area contributed by atoms with Gasteiger partial charge in [-0.05, 0) is 49.3 Å². The number of benzene rings is 1. The van der Waals surface area contributed by atoms with Gasteiger partial charge in [0.05, 0.1) is 17.0 Å². The van der Waals surface area contributed by atoms with Gasteiger partial charge in [-0.1, -0.05) is 30.5 Å². The Kier molecular flexibility index (Phi) is 3.63. The molecule has 2 saturated carbocycles. The average Bonchev–Trinajstić information content (AvgIpc) is 3.12. The van der Waals surface area contributed by atoms with Gasteiger partial charge >= 0.3 is 5.97 Å². The van der Waals surface area contributed by atoms with Crippen LogP contribution in [0.25, 0.3) is 0 Å². The zero-order valence-electron chi connectivity index (χ0n) is 11.4. The molecule has 0 aromatic heterocycles. The molecule has 0 bridgehead atoms. The lowest BCUT2D eigenvalue weighted by atomic mass is 9.79. The van der Waals surface area contributed by atoms with E-state index >= 15 is 0 Å². The smallest absolute Gasteiger partial charge is 0.314 e. The molecule has 0 heterocycles. The summed E-state index contributed by atoms with van der Waals surface area (Å²) in [5.41, 5.74) is 0.0835. The number of carboxylic acids is 1. The predicted molar refractivity (Wildman–Crippen MR) is 77.5 cm³/mol. The van der Waals surface area contributed by atoms with Crippen molar-refractivity contribution in [2.24, 2.45) is 5.92 Å². The topological polar surface area (TPSA) is 46.5 Å². The number of ether oxygens (including phenoxy) is 1. The van der Waals surface area contributed by atoms with Crippen molar-refractivity contribution < 1.29 is 14.6 Å². The van der Waals surface area contributed by atoms with Crippen molar-refractivity contribution in [1.29, 1.82) is 0 Å². The zero-order chi connectivity index (χ0) is 14.2. The highest BCUT2D eigenvalue weighted by Crippen LogP contribution is 2.43. The summed E-state index contributed by atoms with van der Waals surface area (Å²) in [6.45, 7) is 0.684. The Balaban J connectivity index is 1.88. The lowest BCUT2D eigenvalue weighted by Crippen LogP contribution is -2.32. The van der Waals surface area contributed by atoms with E-state index in [-0.39, 0.29) is 0 Å². The highest BCUT2D eigenvalue weighted by atomic mass is 35.5. The molecule has 3 nitrogen and oxygen atoms in total. The van der Waals surface area contributed by atoms with Crippen LogP contribution < -0.4 is 4.74 Å². The zero-order valence-corrected chi connectivity index (χ0v) is 12.2. The number of carbonyl (C=O) groups is 1. The van der Waals surface area contributed by atoms with Crippen molar-refractivity contribution in [3.8, 4) is 5.75 Å².